The number of carbonyl (C=O) groups is 1. The van der Waals surface area contributed by atoms with Crippen molar-refractivity contribution in [2.45, 2.75) is 45.6 Å². The Morgan fingerprint density at radius 3 is 2.67 bits per heavy atom. The summed E-state index contributed by atoms with van der Waals surface area (Å²) in [6.07, 6.45) is 7.19. The quantitative estimate of drug-likeness (QED) is 0.384. The molecule has 1 aromatic rings. The zero-order valence-electron chi connectivity index (χ0n) is 14.7. The molecular formula is C16H29N7O. The molecule has 134 valence electrons. The second kappa shape index (κ2) is 9.89. The van der Waals surface area contributed by atoms with Crippen LogP contribution in [0.15, 0.2) is 11.3 Å². The van der Waals surface area contributed by atoms with Gasteiger partial charge in [0.2, 0.25) is 5.91 Å². The lowest BCUT2D eigenvalue weighted by molar-refractivity contribution is -0.125. The summed E-state index contributed by atoms with van der Waals surface area (Å²) in [7, 11) is 1.85. The first kappa shape index (κ1) is 18.2. The minimum atomic E-state index is 0.192. The third-order valence-corrected chi connectivity index (χ3v) is 4.22. The monoisotopic (exact) mass is 335 g/mol. The number of nitrogens with one attached hydrogen (secondary N) is 3. The van der Waals surface area contributed by atoms with Gasteiger partial charge in [0.1, 0.15) is 18.7 Å². The third-order valence-electron chi connectivity index (χ3n) is 4.22. The van der Waals surface area contributed by atoms with Crippen molar-refractivity contribution in [3.8, 4) is 0 Å². The Kier molecular flexibility index (Phi) is 7.51. The van der Waals surface area contributed by atoms with Gasteiger partial charge < -0.3 is 16.0 Å². The Bertz CT molecular complexity index is 534. The van der Waals surface area contributed by atoms with Gasteiger partial charge in [-0.2, -0.15) is 5.10 Å². The first-order valence-electron chi connectivity index (χ1n) is 8.83. The van der Waals surface area contributed by atoms with Crippen molar-refractivity contribution >= 4 is 11.9 Å². The maximum Gasteiger partial charge on any atom is 0.223 e. The molecule has 1 fully saturated rings. The van der Waals surface area contributed by atoms with Crippen LogP contribution in [0.1, 0.15) is 44.9 Å². The second-order valence-corrected chi connectivity index (χ2v) is 6.05. The van der Waals surface area contributed by atoms with Gasteiger partial charge in [0.05, 0.1) is 0 Å². The highest BCUT2D eigenvalue weighted by Crippen LogP contribution is 2.23. The summed E-state index contributed by atoms with van der Waals surface area (Å²) in [5, 5.41) is 13.5. The van der Waals surface area contributed by atoms with E-state index in [4.69, 9.17) is 0 Å². The number of amides is 1. The largest absolute Gasteiger partial charge is 0.357 e. The SMILES string of the molecule is CCNC(=NCc1ncnn1C)NCCNC(=O)C1CCCCC1. The van der Waals surface area contributed by atoms with Crippen molar-refractivity contribution in [3.63, 3.8) is 0 Å². The van der Waals surface area contributed by atoms with Crippen LogP contribution in [0.4, 0.5) is 0 Å². The number of guanidine groups is 1. The van der Waals surface area contributed by atoms with Crippen molar-refractivity contribution in [1.29, 1.82) is 0 Å². The fraction of sp³-hybridized carbons (Fsp3) is 0.750. The summed E-state index contributed by atoms with van der Waals surface area (Å²) in [4.78, 5) is 20.7. The van der Waals surface area contributed by atoms with Crippen molar-refractivity contribution in [2.75, 3.05) is 19.6 Å². The van der Waals surface area contributed by atoms with Gasteiger partial charge >= 0.3 is 0 Å². The van der Waals surface area contributed by atoms with Gasteiger partial charge in [-0.3, -0.25) is 9.48 Å². The highest BCUT2D eigenvalue weighted by molar-refractivity contribution is 5.80. The molecule has 2 rings (SSSR count). The molecule has 0 bridgehead atoms. The minimum absolute atomic E-state index is 0.192. The molecule has 0 aromatic carbocycles. The van der Waals surface area contributed by atoms with Crippen LogP contribution in [0, 0.1) is 5.92 Å². The molecule has 0 radical (unpaired) electrons. The lowest BCUT2D eigenvalue weighted by Crippen LogP contribution is -2.42. The van der Waals surface area contributed by atoms with E-state index in [0.29, 0.717) is 25.6 Å². The molecule has 0 unspecified atom stereocenters. The molecule has 0 spiro atoms. The van der Waals surface area contributed by atoms with E-state index < -0.39 is 0 Å². The van der Waals surface area contributed by atoms with E-state index in [0.717, 1.165) is 25.2 Å². The Morgan fingerprint density at radius 2 is 2.00 bits per heavy atom. The Labute approximate surface area is 143 Å². The number of nitrogens with zero attached hydrogens (tertiary/aromatic N) is 4. The van der Waals surface area contributed by atoms with Gasteiger partial charge in [0, 0.05) is 32.6 Å². The first-order chi connectivity index (χ1) is 11.7. The molecule has 3 N–H and O–H groups in total. The molecule has 8 heteroatoms. The number of rotatable bonds is 7. The van der Waals surface area contributed by atoms with Crippen LogP contribution in [-0.4, -0.2) is 46.3 Å². The summed E-state index contributed by atoms with van der Waals surface area (Å²) < 4.78 is 1.71. The fourth-order valence-electron chi connectivity index (χ4n) is 2.83. The molecule has 1 saturated carbocycles. The van der Waals surface area contributed by atoms with Crippen LogP contribution in [0.3, 0.4) is 0 Å². The summed E-state index contributed by atoms with van der Waals surface area (Å²) in [6, 6.07) is 0. The minimum Gasteiger partial charge on any atom is -0.357 e. The van der Waals surface area contributed by atoms with E-state index in [2.05, 4.69) is 31.0 Å². The molecule has 1 heterocycles. The van der Waals surface area contributed by atoms with E-state index >= 15 is 0 Å². The number of carbonyl (C=O) groups excluding carboxylic acids is 1. The fourth-order valence-corrected chi connectivity index (χ4v) is 2.83. The van der Waals surface area contributed by atoms with Gasteiger partial charge in [0.15, 0.2) is 5.96 Å². The summed E-state index contributed by atoms with van der Waals surface area (Å²) in [5.41, 5.74) is 0. The van der Waals surface area contributed by atoms with Crippen molar-refractivity contribution in [3.05, 3.63) is 12.2 Å². The molecule has 1 aliphatic carbocycles. The van der Waals surface area contributed by atoms with Crippen LogP contribution >= 0.6 is 0 Å². The number of hydrogen-bond donors (Lipinski definition) is 3. The number of aromatic nitrogens is 3. The zero-order chi connectivity index (χ0) is 17.2. The third kappa shape index (κ3) is 5.82. The second-order valence-electron chi connectivity index (χ2n) is 6.05. The molecule has 24 heavy (non-hydrogen) atoms. The standard InChI is InChI=1S/C16H29N7O/c1-3-17-16(20-11-14-21-12-22-23(14)2)19-10-9-18-15(24)13-7-5-4-6-8-13/h12-13H,3-11H2,1-2H3,(H,18,24)(H2,17,19,20). The van der Waals surface area contributed by atoms with Gasteiger partial charge in [-0.15, -0.1) is 0 Å². The maximum absolute atomic E-state index is 12.1. The van der Waals surface area contributed by atoms with Crippen LogP contribution in [0.25, 0.3) is 0 Å². The van der Waals surface area contributed by atoms with Crippen molar-refractivity contribution in [1.82, 2.24) is 30.7 Å². The molecule has 0 saturated heterocycles. The average molecular weight is 335 g/mol. The molecular weight excluding hydrogens is 306 g/mol. The summed E-state index contributed by atoms with van der Waals surface area (Å²) >= 11 is 0. The molecule has 8 nitrogen and oxygen atoms in total. The van der Waals surface area contributed by atoms with E-state index in [1.807, 2.05) is 14.0 Å². The average Bonchev–Trinajstić information content (AvgIpc) is 3.02. The normalized spacial score (nSPS) is 16.0. The Balaban J connectivity index is 1.70. The Hall–Kier alpha value is -2.12. The number of aliphatic imine (C=N–C) groups is 1. The van der Waals surface area contributed by atoms with Crippen LogP contribution < -0.4 is 16.0 Å². The van der Waals surface area contributed by atoms with Gasteiger partial charge in [-0.1, -0.05) is 19.3 Å². The van der Waals surface area contributed by atoms with Gasteiger partial charge in [-0.25, -0.2) is 9.98 Å². The maximum atomic E-state index is 12.1. The highest BCUT2D eigenvalue weighted by Gasteiger charge is 2.20. The van der Waals surface area contributed by atoms with Crippen LogP contribution in [-0.2, 0) is 18.4 Å². The number of hydrogen-bond acceptors (Lipinski definition) is 4. The summed E-state index contributed by atoms with van der Waals surface area (Å²) in [5.74, 6) is 1.92. The van der Waals surface area contributed by atoms with Gasteiger partial charge in [0.25, 0.3) is 0 Å². The van der Waals surface area contributed by atoms with E-state index in [1.54, 1.807) is 4.68 Å². The zero-order valence-corrected chi connectivity index (χ0v) is 14.7. The van der Waals surface area contributed by atoms with Crippen LogP contribution in [0.5, 0.6) is 0 Å². The predicted octanol–water partition coefficient (Wildman–Crippen LogP) is 0.567. The van der Waals surface area contributed by atoms with E-state index in [9.17, 15) is 4.79 Å². The van der Waals surface area contributed by atoms with Crippen molar-refractivity contribution in [2.24, 2.45) is 18.0 Å². The topological polar surface area (TPSA) is 96.2 Å². The molecule has 0 atom stereocenters. The first-order valence-corrected chi connectivity index (χ1v) is 8.83. The molecule has 1 aliphatic rings. The van der Waals surface area contributed by atoms with E-state index in [1.165, 1.54) is 25.6 Å². The van der Waals surface area contributed by atoms with E-state index in [-0.39, 0.29) is 11.8 Å². The van der Waals surface area contributed by atoms with Crippen LogP contribution in [0.2, 0.25) is 0 Å². The Morgan fingerprint density at radius 1 is 1.25 bits per heavy atom. The number of aryl methyl sites for hydroxylation is 1. The lowest BCUT2D eigenvalue weighted by atomic mass is 9.89. The smallest absolute Gasteiger partial charge is 0.223 e. The predicted molar refractivity (Wildman–Crippen MR) is 93.4 cm³/mol. The van der Waals surface area contributed by atoms with Gasteiger partial charge in [-0.05, 0) is 19.8 Å². The van der Waals surface area contributed by atoms with Crippen molar-refractivity contribution < 1.29 is 4.79 Å². The highest BCUT2D eigenvalue weighted by atomic mass is 16.1. The molecule has 1 amide bonds. The molecule has 1 aromatic heterocycles. The lowest BCUT2D eigenvalue weighted by Gasteiger charge is -2.21. The molecule has 0 aliphatic heterocycles. The summed E-state index contributed by atoms with van der Waals surface area (Å²) in [6.45, 7) is 4.50.